The summed E-state index contributed by atoms with van der Waals surface area (Å²) in [6.45, 7) is 0. The molecule has 5 heteroatoms. The lowest BCUT2D eigenvalue weighted by Crippen LogP contribution is -2.02. The summed E-state index contributed by atoms with van der Waals surface area (Å²) in [4.78, 5) is 4.62. The summed E-state index contributed by atoms with van der Waals surface area (Å²) in [6, 6.07) is 9.85. The molecule has 1 aliphatic rings. The summed E-state index contributed by atoms with van der Waals surface area (Å²) < 4.78 is 6.28. The number of halogens is 1. The quantitative estimate of drug-likeness (QED) is 0.916. The minimum Gasteiger partial charge on any atom is -0.495 e. The van der Waals surface area contributed by atoms with E-state index in [1.807, 2.05) is 24.3 Å². The molecule has 0 atom stereocenters. The van der Waals surface area contributed by atoms with Crippen LogP contribution in [0.1, 0.15) is 23.2 Å². The van der Waals surface area contributed by atoms with Crippen molar-refractivity contribution in [2.24, 2.45) is 0 Å². The second-order valence-corrected chi connectivity index (χ2v) is 5.84. The number of nitriles is 1. The molecule has 0 amide bonds. The molecule has 2 aromatic rings. The molecule has 3 rings (SSSR count). The molecule has 4 nitrogen and oxygen atoms in total. The Labute approximate surface area is 131 Å². The van der Waals surface area contributed by atoms with Gasteiger partial charge < -0.3 is 10.1 Å². The van der Waals surface area contributed by atoms with Crippen molar-refractivity contribution < 1.29 is 4.74 Å². The minimum atomic E-state index is 0.567. The number of anilines is 2. The Morgan fingerprint density at radius 1 is 1.33 bits per heavy atom. The molecular weight excluding hydrogens is 330 g/mol. The van der Waals surface area contributed by atoms with Crippen LogP contribution < -0.4 is 10.1 Å². The molecule has 0 saturated carbocycles. The van der Waals surface area contributed by atoms with Crippen molar-refractivity contribution in [1.29, 1.82) is 5.26 Å². The lowest BCUT2D eigenvalue weighted by molar-refractivity contribution is 0.416. The Morgan fingerprint density at radius 3 is 2.95 bits per heavy atom. The summed E-state index contributed by atoms with van der Waals surface area (Å²) in [7, 11) is 1.62. The largest absolute Gasteiger partial charge is 0.495 e. The van der Waals surface area contributed by atoms with Gasteiger partial charge in [-0.1, -0.05) is 15.9 Å². The third-order valence-electron chi connectivity index (χ3n) is 3.59. The van der Waals surface area contributed by atoms with Crippen molar-refractivity contribution in [3.05, 3.63) is 45.6 Å². The second kappa shape index (κ2) is 5.74. The van der Waals surface area contributed by atoms with Gasteiger partial charge in [-0.25, -0.2) is 4.98 Å². The number of pyridine rings is 1. The Balaban J connectivity index is 2.02. The Kier molecular flexibility index (Phi) is 3.80. The fourth-order valence-electron chi connectivity index (χ4n) is 2.56. The summed E-state index contributed by atoms with van der Waals surface area (Å²) in [5, 5.41) is 12.6. The van der Waals surface area contributed by atoms with Crippen molar-refractivity contribution in [1.82, 2.24) is 4.98 Å². The van der Waals surface area contributed by atoms with Crippen LogP contribution in [0.4, 0.5) is 11.5 Å². The first-order valence-electron chi connectivity index (χ1n) is 6.74. The zero-order valence-electron chi connectivity index (χ0n) is 11.6. The SMILES string of the molecule is COc1ccc(Br)cc1Nc1nc2c(cc1C#N)CCC2. The van der Waals surface area contributed by atoms with E-state index in [1.165, 1.54) is 5.56 Å². The van der Waals surface area contributed by atoms with Gasteiger partial charge in [0.1, 0.15) is 17.6 Å². The predicted molar refractivity (Wildman–Crippen MR) is 85.0 cm³/mol. The van der Waals surface area contributed by atoms with Gasteiger partial charge in [-0.3, -0.25) is 0 Å². The van der Waals surface area contributed by atoms with Gasteiger partial charge in [0.2, 0.25) is 0 Å². The van der Waals surface area contributed by atoms with Gasteiger partial charge >= 0.3 is 0 Å². The maximum atomic E-state index is 9.34. The van der Waals surface area contributed by atoms with Crippen molar-refractivity contribution in [2.75, 3.05) is 12.4 Å². The van der Waals surface area contributed by atoms with Crippen LogP contribution in [0.5, 0.6) is 5.75 Å². The first kappa shape index (κ1) is 13.9. The number of aryl methyl sites for hydroxylation is 2. The first-order chi connectivity index (χ1) is 10.2. The highest BCUT2D eigenvalue weighted by Gasteiger charge is 2.17. The highest BCUT2D eigenvalue weighted by atomic mass is 79.9. The fourth-order valence-corrected chi connectivity index (χ4v) is 2.92. The number of rotatable bonds is 3. The molecule has 0 fully saturated rings. The van der Waals surface area contributed by atoms with Crippen LogP contribution >= 0.6 is 15.9 Å². The van der Waals surface area contributed by atoms with Crippen LogP contribution in [0.25, 0.3) is 0 Å². The van der Waals surface area contributed by atoms with Crippen LogP contribution in [0.15, 0.2) is 28.7 Å². The van der Waals surface area contributed by atoms with Gasteiger partial charge in [0, 0.05) is 10.2 Å². The van der Waals surface area contributed by atoms with Gasteiger partial charge in [0.25, 0.3) is 0 Å². The third-order valence-corrected chi connectivity index (χ3v) is 4.08. The van der Waals surface area contributed by atoms with Crippen LogP contribution in [-0.2, 0) is 12.8 Å². The molecule has 1 aromatic heterocycles. The first-order valence-corrected chi connectivity index (χ1v) is 7.54. The average Bonchev–Trinajstić information content (AvgIpc) is 2.94. The van der Waals surface area contributed by atoms with Crippen LogP contribution in [0.3, 0.4) is 0 Å². The zero-order valence-corrected chi connectivity index (χ0v) is 13.2. The number of methoxy groups -OCH3 is 1. The number of fused-ring (bicyclic) bond motifs is 1. The number of nitrogens with one attached hydrogen (secondary N) is 1. The van der Waals surface area contributed by atoms with Crippen LogP contribution in [0, 0.1) is 11.3 Å². The van der Waals surface area contributed by atoms with Gasteiger partial charge in [-0.2, -0.15) is 5.26 Å². The van der Waals surface area contributed by atoms with Crippen LogP contribution in [0.2, 0.25) is 0 Å². The predicted octanol–water partition coefficient (Wildman–Crippen LogP) is 3.96. The van der Waals surface area contributed by atoms with E-state index in [0.29, 0.717) is 17.1 Å². The number of ether oxygens (including phenoxy) is 1. The van der Waals surface area contributed by atoms with E-state index in [0.717, 1.165) is 35.1 Å². The molecule has 21 heavy (non-hydrogen) atoms. The Morgan fingerprint density at radius 2 is 2.19 bits per heavy atom. The van der Waals surface area contributed by atoms with E-state index in [-0.39, 0.29) is 0 Å². The van der Waals surface area contributed by atoms with Crippen molar-refractivity contribution in [3.63, 3.8) is 0 Å². The summed E-state index contributed by atoms with van der Waals surface area (Å²) in [5.41, 5.74) is 3.63. The average molecular weight is 344 g/mol. The Hall–Kier alpha value is -2.06. The molecule has 0 spiro atoms. The number of hydrogen-bond acceptors (Lipinski definition) is 4. The molecule has 0 radical (unpaired) electrons. The van der Waals surface area contributed by atoms with E-state index in [9.17, 15) is 5.26 Å². The summed E-state index contributed by atoms with van der Waals surface area (Å²) in [6.07, 6.45) is 3.10. The molecule has 0 bridgehead atoms. The number of nitrogens with zero attached hydrogens (tertiary/aromatic N) is 2. The van der Waals surface area contributed by atoms with Gasteiger partial charge in [-0.05, 0) is 49.1 Å². The van der Waals surface area contributed by atoms with E-state index < -0.39 is 0 Å². The molecule has 0 aliphatic heterocycles. The fraction of sp³-hybridized carbons (Fsp3) is 0.250. The topological polar surface area (TPSA) is 57.9 Å². The van der Waals surface area contributed by atoms with Crippen molar-refractivity contribution in [3.8, 4) is 11.8 Å². The molecule has 1 aromatic carbocycles. The number of hydrogen-bond donors (Lipinski definition) is 1. The van der Waals surface area contributed by atoms with E-state index in [1.54, 1.807) is 7.11 Å². The summed E-state index contributed by atoms with van der Waals surface area (Å²) in [5.74, 6) is 1.30. The third kappa shape index (κ3) is 2.72. The maximum absolute atomic E-state index is 9.34. The second-order valence-electron chi connectivity index (χ2n) is 4.93. The monoisotopic (exact) mass is 343 g/mol. The van der Waals surface area contributed by atoms with E-state index >= 15 is 0 Å². The zero-order chi connectivity index (χ0) is 14.8. The molecule has 1 aliphatic carbocycles. The van der Waals surface area contributed by atoms with E-state index in [4.69, 9.17) is 4.74 Å². The minimum absolute atomic E-state index is 0.567. The summed E-state index contributed by atoms with van der Waals surface area (Å²) >= 11 is 3.44. The highest BCUT2D eigenvalue weighted by Crippen LogP contribution is 2.32. The molecule has 106 valence electrons. The lowest BCUT2D eigenvalue weighted by Gasteiger charge is -2.13. The van der Waals surface area contributed by atoms with E-state index in [2.05, 4.69) is 32.3 Å². The molecule has 0 saturated heterocycles. The number of aromatic nitrogens is 1. The smallest absolute Gasteiger partial charge is 0.148 e. The van der Waals surface area contributed by atoms with Gasteiger partial charge in [-0.15, -0.1) is 0 Å². The highest BCUT2D eigenvalue weighted by molar-refractivity contribution is 9.10. The molecule has 1 N–H and O–H groups in total. The molecule has 1 heterocycles. The van der Waals surface area contributed by atoms with Crippen LogP contribution in [-0.4, -0.2) is 12.1 Å². The van der Waals surface area contributed by atoms with Gasteiger partial charge in [0.15, 0.2) is 0 Å². The van der Waals surface area contributed by atoms with Gasteiger partial charge in [0.05, 0.1) is 18.4 Å². The normalized spacial score (nSPS) is 12.6. The van der Waals surface area contributed by atoms with Crippen molar-refractivity contribution in [2.45, 2.75) is 19.3 Å². The molecule has 0 unspecified atom stereocenters. The molecular formula is C16H14BrN3O. The number of benzene rings is 1. The Bertz CT molecular complexity index is 737. The van der Waals surface area contributed by atoms with Crippen molar-refractivity contribution >= 4 is 27.4 Å². The maximum Gasteiger partial charge on any atom is 0.148 e. The standard InChI is InChI=1S/C16H14BrN3O/c1-21-15-6-5-12(17)8-14(15)20-16-11(9-18)7-10-3-2-4-13(10)19-16/h5-8H,2-4H2,1H3,(H,19,20). The lowest BCUT2D eigenvalue weighted by atomic mass is 10.1.